The standard InChI is InChI=1S/C11H10O3/c12-11(13)10-7-5-14-8-4-2-1-3-6(8)9(7)10/h1-4,7,9-10H,5H2,(H,12,13)/t7-,9+,10+/m1/s1. The molecule has 0 amide bonds. The SMILES string of the molecule is O=C(O)[C@H]1[C@@H]2COc3ccccc3[C@@H]21. The third-order valence-corrected chi connectivity index (χ3v) is 3.16. The van der Waals surface area contributed by atoms with Gasteiger partial charge in [0.1, 0.15) is 5.75 Å². The highest BCUT2D eigenvalue weighted by molar-refractivity contribution is 5.77. The van der Waals surface area contributed by atoms with E-state index in [-0.39, 0.29) is 17.8 Å². The average molecular weight is 190 g/mol. The van der Waals surface area contributed by atoms with Crippen LogP contribution in [-0.4, -0.2) is 17.7 Å². The molecule has 1 saturated carbocycles. The number of carboxylic acid groups (broad SMARTS) is 1. The third kappa shape index (κ3) is 0.895. The Morgan fingerprint density at radius 3 is 3.00 bits per heavy atom. The molecule has 3 rings (SSSR count). The van der Waals surface area contributed by atoms with Gasteiger partial charge in [0.15, 0.2) is 0 Å². The van der Waals surface area contributed by atoms with Gasteiger partial charge in [-0.15, -0.1) is 0 Å². The van der Waals surface area contributed by atoms with E-state index in [1.165, 1.54) is 0 Å². The van der Waals surface area contributed by atoms with Crippen LogP contribution in [0.1, 0.15) is 11.5 Å². The summed E-state index contributed by atoms with van der Waals surface area (Å²) in [5.74, 6) is 0.330. The summed E-state index contributed by atoms with van der Waals surface area (Å²) < 4.78 is 5.49. The molecule has 0 aromatic heterocycles. The number of para-hydroxylation sites is 1. The second-order valence-corrected chi connectivity index (χ2v) is 3.90. The second-order valence-electron chi connectivity index (χ2n) is 3.90. The Bertz CT molecular complexity index is 399. The quantitative estimate of drug-likeness (QED) is 0.729. The minimum Gasteiger partial charge on any atom is -0.493 e. The number of carboxylic acids is 1. The topological polar surface area (TPSA) is 46.5 Å². The number of ether oxygens (including phenoxy) is 1. The van der Waals surface area contributed by atoms with E-state index in [0.717, 1.165) is 11.3 Å². The van der Waals surface area contributed by atoms with Gasteiger partial charge in [-0.1, -0.05) is 18.2 Å². The summed E-state index contributed by atoms with van der Waals surface area (Å²) in [5, 5.41) is 8.95. The van der Waals surface area contributed by atoms with Crippen LogP contribution in [0.2, 0.25) is 0 Å². The van der Waals surface area contributed by atoms with Crippen LogP contribution >= 0.6 is 0 Å². The number of rotatable bonds is 1. The van der Waals surface area contributed by atoms with Gasteiger partial charge in [0, 0.05) is 11.8 Å². The largest absolute Gasteiger partial charge is 0.493 e. The maximum absolute atomic E-state index is 10.9. The molecule has 0 bridgehead atoms. The van der Waals surface area contributed by atoms with E-state index in [4.69, 9.17) is 9.84 Å². The molecule has 1 N–H and O–H groups in total. The van der Waals surface area contributed by atoms with Crippen LogP contribution in [0.5, 0.6) is 5.75 Å². The zero-order valence-electron chi connectivity index (χ0n) is 7.51. The first-order valence-corrected chi connectivity index (χ1v) is 4.73. The van der Waals surface area contributed by atoms with Crippen molar-refractivity contribution in [2.45, 2.75) is 5.92 Å². The molecule has 1 fully saturated rings. The summed E-state index contributed by atoms with van der Waals surface area (Å²) in [6.45, 7) is 0.554. The van der Waals surface area contributed by atoms with Gasteiger partial charge >= 0.3 is 5.97 Å². The monoisotopic (exact) mass is 190 g/mol. The molecule has 0 spiro atoms. The molecular weight excluding hydrogens is 180 g/mol. The fourth-order valence-corrected chi connectivity index (χ4v) is 2.42. The van der Waals surface area contributed by atoms with Crippen LogP contribution in [0.25, 0.3) is 0 Å². The fraction of sp³-hybridized carbons (Fsp3) is 0.364. The van der Waals surface area contributed by atoms with Gasteiger partial charge in [-0.05, 0) is 11.6 Å². The molecule has 0 saturated heterocycles. The molecule has 3 heteroatoms. The molecule has 0 unspecified atom stereocenters. The summed E-state index contributed by atoms with van der Waals surface area (Å²) in [6, 6.07) is 7.72. The van der Waals surface area contributed by atoms with E-state index in [1.54, 1.807) is 0 Å². The van der Waals surface area contributed by atoms with Crippen LogP contribution in [0.3, 0.4) is 0 Å². The number of hydrogen-bond acceptors (Lipinski definition) is 2. The van der Waals surface area contributed by atoms with Gasteiger partial charge in [-0.2, -0.15) is 0 Å². The predicted octanol–water partition coefficient (Wildman–Crippen LogP) is 1.49. The molecule has 2 aliphatic rings. The lowest BCUT2D eigenvalue weighted by molar-refractivity contribution is -0.139. The van der Waals surface area contributed by atoms with E-state index < -0.39 is 5.97 Å². The van der Waals surface area contributed by atoms with E-state index in [9.17, 15) is 4.79 Å². The van der Waals surface area contributed by atoms with Crippen molar-refractivity contribution >= 4 is 5.97 Å². The van der Waals surface area contributed by atoms with Crippen LogP contribution in [0, 0.1) is 11.8 Å². The smallest absolute Gasteiger partial charge is 0.307 e. The molecule has 72 valence electrons. The van der Waals surface area contributed by atoms with Gasteiger partial charge in [0.05, 0.1) is 12.5 Å². The first-order valence-electron chi connectivity index (χ1n) is 4.73. The zero-order valence-corrected chi connectivity index (χ0v) is 7.51. The zero-order chi connectivity index (χ0) is 9.71. The fourth-order valence-electron chi connectivity index (χ4n) is 2.42. The number of aliphatic carboxylic acids is 1. The lowest BCUT2D eigenvalue weighted by Gasteiger charge is -2.15. The molecule has 1 aromatic carbocycles. The molecule has 1 heterocycles. The second kappa shape index (κ2) is 2.50. The first-order chi connectivity index (χ1) is 6.79. The van der Waals surface area contributed by atoms with E-state index in [2.05, 4.69) is 0 Å². The number of hydrogen-bond donors (Lipinski definition) is 1. The Labute approximate surface area is 81.3 Å². The van der Waals surface area contributed by atoms with E-state index in [1.807, 2.05) is 24.3 Å². The summed E-state index contributed by atoms with van der Waals surface area (Å²) >= 11 is 0. The molecule has 14 heavy (non-hydrogen) atoms. The Balaban J connectivity index is 2.00. The van der Waals surface area contributed by atoms with Crippen molar-refractivity contribution in [3.8, 4) is 5.75 Å². The normalized spacial score (nSPS) is 32.4. The van der Waals surface area contributed by atoms with Crippen molar-refractivity contribution in [3.63, 3.8) is 0 Å². The molecule has 1 aliphatic carbocycles. The van der Waals surface area contributed by atoms with Crippen LogP contribution in [0.4, 0.5) is 0 Å². The molecular formula is C11H10O3. The number of fused-ring (bicyclic) bond motifs is 3. The summed E-state index contributed by atoms with van der Waals surface area (Å²) in [4.78, 5) is 10.9. The average Bonchev–Trinajstić information content (AvgIpc) is 2.92. The molecule has 3 atom stereocenters. The Morgan fingerprint density at radius 2 is 2.21 bits per heavy atom. The lowest BCUT2D eigenvalue weighted by Crippen LogP contribution is -2.08. The predicted molar refractivity (Wildman–Crippen MR) is 49.3 cm³/mol. The Hall–Kier alpha value is -1.51. The van der Waals surface area contributed by atoms with Crippen molar-refractivity contribution in [2.24, 2.45) is 11.8 Å². The van der Waals surface area contributed by atoms with Crippen molar-refractivity contribution in [2.75, 3.05) is 6.61 Å². The highest BCUT2D eigenvalue weighted by atomic mass is 16.5. The summed E-state index contributed by atoms with van der Waals surface area (Å²) in [6.07, 6.45) is 0. The van der Waals surface area contributed by atoms with Gasteiger partial charge in [-0.3, -0.25) is 4.79 Å². The minimum atomic E-state index is -0.694. The maximum atomic E-state index is 10.9. The minimum absolute atomic E-state index is 0.192. The van der Waals surface area contributed by atoms with Gasteiger partial charge in [0.2, 0.25) is 0 Å². The third-order valence-electron chi connectivity index (χ3n) is 3.16. The van der Waals surface area contributed by atoms with Crippen molar-refractivity contribution < 1.29 is 14.6 Å². The molecule has 0 radical (unpaired) electrons. The highest BCUT2D eigenvalue weighted by Crippen LogP contribution is 2.58. The van der Waals surface area contributed by atoms with E-state index >= 15 is 0 Å². The molecule has 1 aromatic rings. The number of carbonyl (C=O) groups is 1. The summed E-state index contributed by atoms with van der Waals surface area (Å²) in [5.41, 5.74) is 1.07. The van der Waals surface area contributed by atoms with Crippen LogP contribution < -0.4 is 4.74 Å². The van der Waals surface area contributed by atoms with Crippen LogP contribution in [-0.2, 0) is 4.79 Å². The van der Waals surface area contributed by atoms with Gasteiger partial charge in [-0.25, -0.2) is 0 Å². The first kappa shape index (κ1) is 7.85. The summed E-state index contributed by atoms with van der Waals surface area (Å²) in [7, 11) is 0. The Morgan fingerprint density at radius 1 is 1.43 bits per heavy atom. The molecule has 1 aliphatic heterocycles. The van der Waals surface area contributed by atoms with Crippen molar-refractivity contribution in [1.82, 2.24) is 0 Å². The van der Waals surface area contributed by atoms with Crippen molar-refractivity contribution in [3.05, 3.63) is 29.8 Å². The number of benzene rings is 1. The maximum Gasteiger partial charge on any atom is 0.307 e. The lowest BCUT2D eigenvalue weighted by atomic mass is 10.1. The molecule has 3 nitrogen and oxygen atoms in total. The van der Waals surface area contributed by atoms with Gasteiger partial charge < -0.3 is 9.84 Å². The Kier molecular flexibility index (Phi) is 1.40. The van der Waals surface area contributed by atoms with Crippen LogP contribution in [0.15, 0.2) is 24.3 Å². The van der Waals surface area contributed by atoms with Gasteiger partial charge in [0.25, 0.3) is 0 Å². The van der Waals surface area contributed by atoms with E-state index in [0.29, 0.717) is 6.61 Å². The van der Waals surface area contributed by atoms with Crippen molar-refractivity contribution in [1.29, 1.82) is 0 Å². The highest BCUT2D eigenvalue weighted by Gasteiger charge is 2.58.